The van der Waals surface area contributed by atoms with E-state index in [4.69, 9.17) is 4.74 Å². The van der Waals surface area contributed by atoms with Crippen molar-refractivity contribution in [1.29, 1.82) is 0 Å². The van der Waals surface area contributed by atoms with Crippen LogP contribution in [-0.2, 0) is 10.3 Å². The number of methoxy groups -OCH3 is 1. The standard InChI is InChI=1S/C16H20F2N4O2/c1-16(2,13-9-19-22-21-13)20-14(23)8-12(15(17)18)10-4-6-11(24-3)7-5-10/h4-7,9,12,15H,8H2,1-3H3,(H,20,23)(H,19,21,22). The van der Waals surface area contributed by atoms with Crippen LogP contribution in [0.2, 0.25) is 0 Å². The molecule has 2 aromatic rings. The van der Waals surface area contributed by atoms with Crippen molar-refractivity contribution in [2.45, 2.75) is 38.2 Å². The summed E-state index contributed by atoms with van der Waals surface area (Å²) in [6.45, 7) is 3.46. The van der Waals surface area contributed by atoms with Gasteiger partial charge in [-0.2, -0.15) is 15.4 Å². The third kappa shape index (κ3) is 4.27. The number of nitrogens with one attached hydrogen (secondary N) is 2. The molecule has 1 aromatic heterocycles. The van der Waals surface area contributed by atoms with Crippen LogP contribution < -0.4 is 10.1 Å². The van der Waals surface area contributed by atoms with Crippen LogP contribution in [0.5, 0.6) is 5.75 Å². The number of aromatic nitrogens is 3. The van der Waals surface area contributed by atoms with Crippen LogP contribution in [0.25, 0.3) is 0 Å². The first-order chi connectivity index (χ1) is 11.3. The largest absolute Gasteiger partial charge is 0.497 e. The fourth-order valence-corrected chi connectivity index (χ4v) is 2.37. The Kier molecular flexibility index (Phi) is 5.48. The van der Waals surface area contributed by atoms with Gasteiger partial charge in [0.05, 0.1) is 24.8 Å². The maximum absolute atomic E-state index is 13.4. The monoisotopic (exact) mass is 338 g/mol. The Bertz CT molecular complexity index is 657. The number of ether oxygens (including phenoxy) is 1. The number of halogens is 2. The number of hydrogen-bond donors (Lipinski definition) is 2. The number of alkyl halides is 2. The first-order valence-electron chi connectivity index (χ1n) is 7.43. The minimum Gasteiger partial charge on any atom is -0.497 e. The molecule has 2 N–H and O–H groups in total. The minimum atomic E-state index is -2.65. The first-order valence-corrected chi connectivity index (χ1v) is 7.43. The lowest BCUT2D eigenvalue weighted by atomic mass is 9.94. The molecule has 1 atom stereocenters. The van der Waals surface area contributed by atoms with Crippen LogP contribution in [-0.4, -0.2) is 34.9 Å². The zero-order valence-electron chi connectivity index (χ0n) is 13.7. The quantitative estimate of drug-likeness (QED) is 0.813. The average Bonchev–Trinajstić information content (AvgIpc) is 3.07. The Morgan fingerprint density at radius 3 is 2.50 bits per heavy atom. The number of hydrogen-bond acceptors (Lipinski definition) is 4. The van der Waals surface area contributed by atoms with E-state index < -0.39 is 23.8 Å². The van der Waals surface area contributed by atoms with E-state index in [1.807, 2.05) is 0 Å². The van der Waals surface area contributed by atoms with Gasteiger partial charge in [0.15, 0.2) is 0 Å². The zero-order chi connectivity index (χ0) is 17.7. The topological polar surface area (TPSA) is 79.9 Å². The highest BCUT2D eigenvalue weighted by Gasteiger charge is 2.30. The molecule has 1 heterocycles. The molecule has 0 saturated heterocycles. The fourth-order valence-electron chi connectivity index (χ4n) is 2.37. The number of aromatic amines is 1. The van der Waals surface area contributed by atoms with E-state index in [-0.39, 0.29) is 6.42 Å². The third-order valence-corrected chi connectivity index (χ3v) is 3.76. The number of nitrogens with zero attached hydrogens (tertiary/aromatic N) is 2. The molecule has 2 rings (SSSR count). The molecule has 0 aliphatic carbocycles. The van der Waals surface area contributed by atoms with Gasteiger partial charge in [0.25, 0.3) is 0 Å². The van der Waals surface area contributed by atoms with Crippen LogP contribution >= 0.6 is 0 Å². The molecule has 8 heteroatoms. The van der Waals surface area contributed by atoms with Crippen molar-refractivity contribution in [3.05, 3.63) is 41.7 Å². The number of rotatable bonds is 7. The molecule has 6 nitrogen and oxygen atoms in total. The summed E-state index contributed by atoms with van der Waals surface area (Å²) in [7, 11) is 1.50. The Morgan fingerprint density at radius 1 is 1.33 bits per heavy atom. The van der Waals surface area contributed by atoms with Crippen molar-refractivity contribution in [1.82, 2.24) is 20.7 Å². The van der Waals surface area contributed by atoms with Crippen LogP contribution in [0.15, 0.2) is 30.5 Å². The van der Waals surface area contributed by atoms with E-state index in [1.165, 1.54) is 13.3 Å². The second-order valence-electron chi connectivity index (χ2n) is 5.95. The van der Waals surface area contributed by atoms with Crippen molar-refractivity contribution in [3.63, 3.8) is 0 Å². The van der Waals surface area contributed by atoms with E-state index in [0.29, 0.717) is 17.0 Å². The molecule has 24 heavy (non-hydrogen) atoms. The minimum absolute atomic E-state index is 0.328. The van der Waals surface area contributed by atoms with E-state index in [0.717, 1.165) is 0 Å². The van der Waals surface area contributed by atoms with Crippen molar-refractivity contribution in [3.8, 4) is 5.75 Å². The molecule has 0 radical (unpaired) electrons. The van der Waals surface area contributed by atoms with Gasteiger partial charge in [-0.1, -0.05) is 12.1 Å². The molecular formula is C16H20F2N4O2. The molecular weight excluding hydrogens is 318 g/mol. The Labute approximate surface area is 138 Å². The summed E-state index contributed by atoms with van der Waals surface area (Å²) in [4.78, 5) is 12.2. The van der Waals surface area contributed by atoms with Crippen LogP contribution in [0.4, 0.5) is 8.78 Å². The van der Waals surface area contributed by atoms with Crippen molar-refractivity contribution in [2.75, 3.05) is 7.11 Å². The molecule has 0 bridgehead atoms. The number of benzene rings is 1. The van der Waals surface area contributed by atoms with Gasteiger partial charge in [0.1, 0.15) is 11.4 Å². The van der Waals surface area contributed by atoms with Crippen molar-refractivity contribution >= 4 is 5.91 Å². The van der Waals surface area contributed by atoms with E-state index >= 15 is 0 Å². The molecule has 0 aliphatic heterocycles. The molecule has 0 aliphatic rings. The smallest absolute Gasteiger partial charge is 0.245 e. The molecule has 1 amide bonds. The molecule has 130 valence electrons. The van der Waals surface area contributed by atoms with Crippen LogP contribution in [0.1, 0.15) is 37.4 Å². The summed E-state index contributed by atoms with van der Waals surface area (Å²) in [6.07, 6.45) is -1.50. The molecule has 0 fully saturated rings. The number of H-pyrrole nitrogens is 1. The highest BCUT2D eigenvalue weighted by Crippen LogP contribution is 2.29. The van der Waals surface area contributed by atoms with Gasteiger partial charge < -0.3 is 10.1 Å². The fraction of sp³-hybridized carbons (Fsp3) is 0.438. The average molecular weight is 338 g/mol. The summed E-state index contributed by atoms with van der Waals surface area (Å²) in [5.74, 6) is -1.10. The lowest BCUT2D eigenvalue weighted by Crippen LogP contribution is -2.42. The van der Waals surface area contributed by atoms with Gasteiger partial charge >= 0.3 is 0 Å². The lowest BCUT2D eigenvalue weighted by molar-refractivity contribution is -0.124. The normalized spacial score (nSPS) is 12.9. The summed E-state index contributed by atoms with van der Waals surface area (Å²) < 4.78 is 31.8. The summed E-state index contributed by atoms with van der Waals surface area (Å²) in [5.41, 5.74) is 0.102. The van der Waals surface area contributed by atoms with E-state index in [1.54, 1.807) is 38.1 Å². The zero-order valence-corrected chi connectivity index (χ0v) is 13.7. The molecule has 1 unspecified atom stereocenters. The highest BCUT2D eigenvalue weighted by atomic mass is 19.3. The van der Waals surface area contributed by atoms with E-state index in [2.05, 4.69) is 20.7 Å². The molecule has 0 spiro atoms. The van der Waals surface area contributed by atoms with Gasteiger partial charge in [0, 0.05) is 6.42 Å². The van der Waals surface area contributed by atoms with Gasteiger partial charge in [-0.3, -0.25) is 4.79 Å². The lowest BCUT2D eigenvalue weighted by Gasteiger charge is -2.25. The van der Waals surface area contributed by atoms with Crippen LogP contribution in [0, 0.1) is 0 Å². The second-order valence-corrected chi connectivity index (χ2v) is 5.95. The second kappa shape index (κ2) is 7.37. The van der Waals surface area contributed by atoms with Gasteiger partial charge in [-0.25, -0.2) is 8.78 Å². The highest BCUT2D eigenvalue weighted by molar-refractivity contribution is 5.77. The van der Waals surface area contributed by atoms with Crippen molar-refractivity contribution < 1.29 is 18.3 Å². The Balaban J connectivity index is 2.08. The Morgan fingerprint density at radius 2 is 2.00 bits per heavy atom. The number of carbonyl (C=O) groups is 1. The predicted octanol–water partition coefficient (Wildman–Crippen LogP) is 2.60. The number of carbonyl (C=O) groups excluding carboxylic acids is 1. The molecule has 0 saturated carbocycles. The Hall–Kier alpha value is -2.51. The van der Waals surface area contributed by atoms with Gasteiger partial charge in [-0.15, -0.1) is 0 Å². The van der Waals surface area contributed by atoms with Gasteiger partial charge in [-0.05, 0) is 31.5 Å². The maximum Gasteiger partial charge on any atom is 0.245 e. The third-order valence-electron chi connectivity index (χ3n) is 3.76. The van der Waals surface area contributed by atoms with E-state index in [9.17, 15) is 13.6 Å². The first kappa shape index (κ1) is 17.8. The predicted molar refractivity (Wildman–Crippen MR) is 83.9 cm³/mol. The van der Waals surface area contributed by atoms with Crippen LogP contribution in [0.3, 0.4) is 0 Å². The maximum atomic E-state index is 13.4. The molecule has 1 aromatic carbocycles. The summed E-state index contributed by atoms with van der Waals surface area (Å²) in [5, 5.41) is 12.8. The number of amides is 1. The summed E-state index contributed by atoms with van der Waals surface area (Å²) >= 11 is 0. The van der Waals surface area contributed by atoms with Gasteiger partial charge in [0.2, 0.25) is 12.3 Å². The van der Waals surface area contributed by atoms with Crippen molar-refractivity contribution in [2.24, 2.45) is 0 Å². The SMILES string of the molecule is COc1ccc(C(CC(=O)NC(C)(C)c2cn[nH]n2)C(F)F)cc1. The summed E-state index contributed by atoms with van der Waals surface area (Å²) in [6, 6.07) is 6.29.